The molecule has 1 aliphatic rings. The van der Waals surface area contributed by atoms with E-state index >= 15 is 0 Å². The van der Waals surface area contributed by atoms with E-state index in [-0.39, 0.29) is 17.5 Å². The van der Waals surface area contributed by atoms with Crippen molar-refractivity contribution in [1.82, 2.24) is 4.90 Å². The highest BCUT2D eigenvalue weighted by molar-refractivity contribution is 5.77. The lowest BCUT2D eigenvalue weighted by atomic mass is 9.90. The molecule has 19 heavy (non-hydrogen) atoms. The zero-order valence-corrected chi connectivity index (χ0v) is 13.2. The van der Waals surface area contributed by atoms with Gasteiger partial charge in [0.15, 0.2) is 0 Å². The number of rotatable bonds is 8. The van der Waals surface area contributed by atoms with Gasteiger partial charge in [-0.15, -0.1) is 0 Å². The number of esters is 1. The minimum absolute atomic E-state index is 0.0223. The molecule has 0 aromatic carbocycles. The van der Waals surface area contributed by atoms with Crippen molar-refractivity contribution < 1.29 is 9.53 Å². The number of nitrogens with zero attached hydrogens (tertiary/aromatic N) is 1. The molecule has 0 saturated carbocycles. The van der Waals surface area contributed by atoms with Crippen molar-refractivity contribution in [2.45, 2.75) is 71.8 Å². The lowest BCUT2D eigenvalue weighted by Crippen LogP contribution is -2.35. The smallest absolute Gasteiger partial charge is 0.313 e. The highest BCUT2D eigenvalue weighted by atomic mass is 16.5. The predicted octanol–water partition coefficient (Wildman–Crippen LogP) is 3.62. The first-order valence-corrected chi connectivity index (χ1v) is 7.91. The minimum atomic E-state index is -0.286. The molecule has 1 rings (SSSR count). The van der Waals surface area contributed by atoms with Crippen LogP contribution in [0.1, 0.15) is 65.7 Å². The van der Waals surface area contributed by atoms with E-state index in [0.717, 1.165) is 45.2 Å². The van der Waals surface area contributed by atoms with Gasteiger partial charge in [-0.25, -0.2) is 0 Å². The molecule has 0 aromatic rings. The Morgan fingerprint density at radius 3 is 2.26 bits per heavy atom. The predicted molar refractivity (Wildman–Crippen MR) is 79.2 cm³/mol. The largest absolute Gasteiger partial charge is 0.462 e. The van der Waals surface area contributed by atoms with Gasteiger partial charge in [0.25, 0.3) is 0 Å². The summed E-state index contributed by atoms with van der Waals surface area (Å²) in [5.41, 5.74) is -0.286. The van der Waals surface area contributed by atoms with Crippen LogP contribution in [-0.2, 0) is 9.53 Å². The number of ether oxygens (including phenoxy) is 1. The number of carbonyl (C=O) groups is 1. The standard InChI is InChI=1S/C16H31NO2/c1-5-7-9-14(10-8-6-2)19-15(18)16(3)11-12-17(4)13-16/h14H,5-13H2,1-4H3. The molecule has 0 spiro atoms. The van der Waals surface area contributed by atoms with Crippen LogP contribution in [0.15, 0.2) is 0 Å². The molecule has 0 aliphatic carbocycles. The van der Waals surface area contributed by atoms with Crippen LogP contribution >= 0.6 is 0 Å². The average molecular weight is 269 g/mol. The van der Waals surface area contributed by atoms with E-state index in [1.54, 1.807) is 0 Å². The fourth-order valence-electron chi connectivity index (χ4n) is 2.78. The second-order valence-electron chi connectivity index (χ2n) is 6.36. The lowest BCUT2D eigenvalue weighted by Gasteiger charge is -2.26. The quantitative estimate of drug-likeness (QED) is 0.630. The summed E-state index contributed by atoms with van der Waals surface area (Å²) >= 11 is 0. The maximum Gasteiger partial charge on any atom is 0.313 e. The van der Waals surface area contributed by atoms with Crippen LogP contribution in [0.2, 0.25) is 0 Å². The molecule has 0 N–H and O–H groups in total. The Morgan fingerprint density at radius 1 is 1.26 bits per heavy atom. The van der Waals surface area contributed by atoms with Crippen molar-refractivity contribution in [1.29, 1.82) is 0 Å². The van der Waals surface area contributed by atoms with Crippen molar-refractivity contribution in [3.05, 3.63) is 0 Å². The van der Waals surface area contributed by atoms with E-state index in [2.05, 4.69) is 32.7 Å². The first kappa shape index (κ1) is 16.5. The molecule has 1 heterocycles. The fraction of sp³-hybridized carbons (Fsp3) is 0.938. The number of unbranched alkanes of at least 4 members (excludes halogenated alkanes) is 2. The van der Waals surface area contributed by atoms with E-state index in [1.807, 2.05) is 0 Å². The Kier molecular flexibility index (Phi) is 6.84. The highest BCUT2D eigenvalue weighted by Crippen LogP contribution is 2.31. The van der Waals surface area contributed by atoms with Gasteiger partial charge < -0.3 is 9.64 Å². The average Bonchev–Trinajstić information content (AvgIpc) is 2.73. The SMILES string of the molecule is CCCCC(CCCC)OC(=O)C1(C)CCN(C)C1. The third kappa shape index (κ3) is 5.13. The summed E-state index contributed by atoms with van der Waals surface area (Å²) < 4.78 is 5.82. The molecule has 3 heteroatoms. The first-order chi connectivity index (χ1) is 9.01. The van der Waals surface area contributed by atoms with Gasteiger partial charge in [0.1, 0.15) is 6.10 Å². The summed E-state index contributed by atoms with van der Waals surface area (Å²) in [4.78, 5) is 14.6. The number of hydrogen-bond acceptors (Lipinski definition) is 3. The lowest BCUT2D eigenvalue weighted by molar-refractivity contribution is -0.160. The van der Waals surface area contributed by atoms with Crippen molar-refractivity contribution in [2.24, 2.45) is 5.41 Å². The summed E-state index contributed by atoms with van der Waals surface area (Å²) in [6.07, 6.45) is 7.74. The second kappa shape index (κ2) is 7.88. The molecule has 1 unspecified atom stereocenters. The van der Waals surface area contributed by atoms with Gasteiger partial charge >= 0.3 is 5.97 Å². The Morgan fingerprint density at radius 2 is 1.84 bits per heavy atom. The minimum Gasteiger partial charge on any atom is -0.462 e. The van der Waals surface area contributed by atoms with E-state index in [0.29, 0.717) is 0 Å². The van der Waals surface area contributed by atoms with Crippen LogP contribution in [0.4, 0.5) is 0 Å². The Hall–Kier alpha value is -0.570. The molecule has 112 valence electrons. The fourth-order valence-corrected chi connectivity index (χ4v) is 2.78. The second-order valence-corrected chi connectivity index (χ2v) is 6.36. The van der Waals surface area contributed by atoms with Gasteiger partial charge in [-0.3, -0.25) is 4.79 Å². The van der Waals surface area contributed by atoms with Crippen LogP contribution in [0.5, 0.6) is 0 Å². The van der Waals surface area contributed by atoms with Crippen LogP contribution in [0.3, 0.4) is 0 Å². The van der Waals surface area contributed by atoms with Gasteiger partial charge in [0.2, 0.25) is 0 Å². The number of carbonyl (C=O) groups excluding carboxylic acids is 1. The molecule has 0 amide bonds. The third-order valence-electron chi connectivity index (χ3n) is 4.19. The Balaban J connectivity index is 2.49. The van der Waals surface area contributed by atoms with Crippen LogP contribution in [0, 0.1) is 5.41 Å². The molecule has 0 aromatic heterocycles. The van der Waals surface area contributed by atoms with Gasteiger partial charge in [0, 0.05) is 6.54 Å². The first-order valence-electron chi connectivity index (χ1n) is 7.91. The maximum atomic E-state index is 12.4. The van der Waals surface area contributed by atoms with Crippen LogP contribution in [0.25, 0.3) is 0 Å². The third-order valence-corrected chi connectivity index (χ3v) is 4.19. The zero-order valence-electron chi connectivity index (χ0n) is 13.2. The molecular weight excluding hydrogens is 238 g/mol. The highest BCUT2D eigenvalue weighted by Gasteiger charge is 2.41. The zero-order chi connectivity index (χ0) is 14.3. The summed E-state index contributed by atoms with van der Waals surface area (Å²) in [5.74, 6) is 0.0223. The molecule has 1 aliphatic heterocycles. The van der Waals surface area contributed by atoms with Gasteiger partial charge in [-0.1, -0.05) is 39.5 Å². The van der Waals surface area contributed by atoms with Crippen LogP contribution < -0.4 is 0 Å². The van der Waals surface area contributed by atoms with Gasteiger partial charge in [-0.2, -0.15) is 0 Å². The molecule has 1 atom stereocenters. The maximum absolute atomic E-state index is 12.4. The van der Waals surface area contributed by atoms with E-state index in [9.17, 15) is 4.79 Å². The topological polar surface area (TPSA) is 29.5 Å². The summed E-state index contributed by atoms with van der Waals surface area (Å²) in [6.45, 7) is 8.26. The number of hydrogen-bond donors (Lipinski definition) is 0. The van der Waals surface area contributed by atoms with Crippen molar-refractivity contribution in [2.75, 3.05) is 20.1 Å². The van der Waals surface area contributed by atoms with Crippen molar-refractivity contribution >= 4 is 5.97 Å². The van der Waals surface area contributed by atoms with E-state index in [1.165, 1.54) is 12.8 Å². The van der Waals surface area contributed by atoms with E-state index < -0.39 is 0 Å². The summed E-state index contributed by atoms with van der Waals surface area (Å²) in [5, 5.41) is 0. The van der Waals surface area contributed by atoms with Crippen molar-refractivity contribution in [3.63, 3.8) is 0 Å². The molecule has 1 saturated heterocycles. The molecule has 3 nitrogen and oxygen atoms in total. The Bertz CT molecular complexity index is 272. The monoisotopic (exact) mass is 269 g/mol. The molecule has 1 fully saturated rings. The Labute approximate surface area is 118 Å². The van der Waals surface area contributed by atoms with E-state index in [4.69, 9.17) is 4.74 Å². The van der Waals surface area contributed by atoms with Crippen LogP contribution in [-0.4, -0.2) is 37.1 Å². The molecule has 0 radical (unpaired) electrons. The molecule has 0 bridgehead atoms. The number of likely N-dealkylation sites (tertiary alicyclic amines) is 1. The van der Waals surface area contributed by atoms with Crippen molar-refractivity contribution in [3.8, 4) is 0 Å². The summed E-state index contributed by atoms with van der Waals surface area (Å²) in [7, 11) is 2.07. The molecular formula is C16H31NO2. The summed E-state index contributed by atoms with van der Waals surface area (Å²) in [6, 6.07) is 0. The normalized spacial score (nSPS) is 24.1. The van der Waals surface area contributed by atoms with Gasteiger partial charge in [0.05, 0.1) is 5.41 Å². The van der Waals surface area contributed by atoms with Gasteiger partial charge in [-0.05, 0) is 39.8 Å².